The highest BCUT2D eigenvalue weighted by Gasteiger charge is 2.25. The second-order valence-corrected chi connectivity index (χ2v) is 7.78. The van der Waals surface area contributed by atoms with Crippen molar-refractivity contribution in [1.82, 2.24) is 0 Å². The Bertz CT molecular complexity index is 901. The van der Waals surface area contributed by atoms with Crippen molar-refractivity contribution in [1.29, 1.82) is 0 Å². The fourth-order valence-electron chi connectivity index (χ4n) is 3.58. The lowest BCUT2D eigenvalue weighted by Crippen LogP contribution is -2.36. The Hall–Kier alpha value is -2.18. The molecule has 0 spiro atoms. The molecule has 2 aliphatic heterocycles. The third-order valence-electron chi connectivity index (χ3n) is 5.13. The summed E-state index contributed by atoms with van der Waals surface area (Å²) in [4.78, 5) is 13.5. The summed E-state index contributed by atoms with van der Waals surface area (Å²) in [5, 5.41) is 3.47. The van der Waals surface area contributed by atoms with Crippen LogP contribution in [0.15, 0.2) is 30.3 Å². The minimum atomic E-state index is -0.520. The molecule has 2 heterocycles. The highest BCUT2D eigenvalue weighted by atomic mass is 35.5. The first-order valence-corrected chi connectivity index (χ1v) is 9.85. The number of carbonyl (C=O) groups is 1. The number of piperidine rings is 1. The molecule has 0 saturated carbocycles. The largest absolute Gasteiger partial charge is 0.493 e. The van der Waals surface area contributed by atoms with Gasteiger partial charge in [-0.1, -0.05) is 23.2 Å². The fourth-order valence-corrected chi connectivity index (χ4v) is 3.96. The van der Waals surface area contributed by atoms with Gasteiger partial charge in [-0.25, -0.2) is 9.18 Å². The number of anilines is 2. The number of fused-ring (bicyclic) bond motifs is 1. The molecule has 5 nitrogen and oxygen atoms in total. The monoisotopic (exact) mass is 424 g/mol. The summed E-state index contributed by atoms with van der Waals surface area (Å²) in [5.74, 6) is 0.722. The van der Waals surface area contributed by atoms with E-state index in [1.54, 1.807) is 24.3 Å². The van der Waals surface area contributed by atoms with Crippen LogP contribution < -0.4 is 15.0 Å². The second kappa shape index (κ2) is 8.05. The van der Waals surface area contributed by atoms with E-state index in [1.807, 2.05) is 4.90 Å². The number of hydrogen-bond acceptors (Lipinski definition) is 4. The Morgan fingerprint density at radius 1 is 1.21 bits per heavy atom. The summed E-state index contributed by atoms with van der Waals surface area (Å²) in [6, 6.07) is 8.27. The van der Waals surface area contributed by atoms with Gasteiger partial charge >= 0.3 is 6.09 Å². The first-order chi connectivity index (χ1) is 13.5. The van der Waals surface area contributed by atoms with Gasteiger partial charge in [0.2, 0.25) is 0 Å². The van der Waals surface area contributed by atoms with E-state index in [4.69, 9.17) is 32.7 Å². The second-order valence-electron chi connectivity index (χ2n) is 6.94. The highest BCUT2D eigenvalue weighted by molar-refractivity contribution is 6.34. The molecule has 2 aliphatic rings. The van der Waals surface area contributed by atoms with Gasteiger partial charge in [-0.05, 0) is 49.1 Å². The molecule has 8 heteroatoms. The maximum absolute atomic E-state index is 14.1. The molecule has 28 heavy (non-hydrogen) atoms. The Labute approximate surface area is 172 Å². The first-order valence-electron chi connectivity index (χ1n) is 9.09. The van der Waals surface area contributed by atoms with E-state index in [0.29, 0.717) is 39.7 Å². The number of halogens is 3. The van der Waals surface area contributed by atoms with Crippen LogP contribution in [0.2, 0.25) is 10.0 Å². The van der Waals surface area contributed by atoms with Crippen molar-refractivity contribution >= 4 is 40.7 Å². The summed E-state index contributed by atoms with van der Waals surface area (Å²) in [6.45, 7) is 2.18. The first kappa shape index (κ1) is 19.2. The maximum Gasteiger partial charge on any atom is 0.412 e. The van der Waals surface area contributed by atoms with Crippen molar-refractivity contribution in [3.63, 3.8) is 0 Å². The minimum absolute atomic E-state index is 0.130. The summed E-state index contributed by atoms with van der Waals surface area (Å²) in [5.41, 5.74) is 1.87. The van der Waals surface area contributed by atoms with E-state index < -0.39 is 6.09 Å². The molecule has 1 amide bonds. The molecule has 0 unspecified atom stereocenters. The molecular weight excluding hydrogens is 406 g/mol. The van der Waals surface area contributed by atoms with Gasteiger partial charge in [0.05, 0.1) is 28.6 Å². The SMILES string of the molecule is O=C1Nc2c(Cl)ccc(OCC3CCN(c4ccc(Cl)cc4F)CC3)c2CO1. The molecule has 0 atom stereocenters. The summed E-state index contributed by atoms with van der Waals surface area (Å²) in [6.07, 6.45) is 1.27. The topological polar surface area (TPSA) is 50.8 Å². The molecule has 0 bridgehead atoms. The Balaban J connectivity index is 1.36. The lowest BCUT2D eigenvalue weighted by Gasteiger charge is -2.34. The van der Waals surface area contributed by atoms with E-state index in [-0.39, 0.29) is 12.4 Å². The van der Waals surface area contributed by atoms with E-state index in [1.165, 1.54) is 6.07 Å². The van der Waals surface area contributed by atoms with Gasteiger partial charge in [0.1, 0.15) is 18.2 Å². The van der Waals surface area contributed by atoms with Crippen LogP contribution in [0.25, 0.3) is 0 Å². The van der Waals surface area contributed by atoms with Gasteiger partial charge < -0.3 is 14.4 Å². The van der Waals surface area contributed by atoms with Crippen LogP contribution in [0, 0.1) is 11.7 Å². The van der Waals surface area contributed by atoms with Crippen LogP contribution in [-0.2, 0) is 11.3 Å². The lowest BCUT2D eigenvalue weighted by molar-refractivity contribution is 0.148. The zero-order chi connectivity index (χ0) is 19.7. The van der Waals surface area contributed by atoms with E-state index in [0.717, 1.165) is 31.5 Å². The number of benzene rings is 2. The molecule has 0 radical (unpaired) electrons. The molecule has 0 aliphatic carbocycles. The number of carbonyl (C=O) groups excluding carboxylic acids is 1. The van der Waals surface area contributed by atoms with Crippen molar-refractivity contribution in [2.75, 3.05) is 29.9 Å². The number of amides is 1. The van der Waals surface area contributed by atoms with Crippen LogP contribution in [-0.4, -0.2) is 25.8 Å². The van der Waals surface area contributed by atoms with Crippen LogP contribution in [0.1, 0.15) is 18.4 Å². The summed E-state index contributed by atoms with van der Waals surface area (Å²) in [7, 11) is 0. The van der Waals surface area contributed by atoms with Gasteiger partial charge in [0.15, 0.2) is 0 Å². The van der Waals surface area contributed by atoms with Gasteiger partial charge in [0, 0.05) is 18.1 Å². The molecule has 1 fully saturated rings. The van der Waals surface area contributed by atoms with E-state index >= 15 is 0 Å². The molecular formula is C20H19Cl2FN2O3. The molecule has 1 N–H and O–H groups in total. The smallest absolute Gasteiger partial charge is 0.412 e. The van der Waals surface area contributed by atoms with Crippen LogP contribution in [0.5, 0.6) is 5.75 Å². The predicted octanol–water partition coefficient (Wildman–Crippen LogP) is 5.49. The molecule has 1 saturated heterocycles. The third-order valence-corrected chi connectivity index (χ3v) is 5.68. The quantitative estimate of drug-likeness (QED) is 0.704. The van der Waals surface area contributed by atoms with Crippen molar-refractivity contribution in [3.8, 4) is 5.75 Å². The van der Waals surface area contributed by atoms with E-state index in [9.17, 15) is 9.18 Å². The van der Waals surface area contributed by atoms with E-state index in [2.05, 4.69) is 5.32 Å². The minimum Gasteiger partial charge on any atom is -0.493 e. The van der Waals surface area contributed by atoms with Crippen LogP contribution in [0.4, 0.5) is 20.6 Å². The predicted molar refractivity (Wildman–Crippen MR) is 107 cm³/mol. The number of nitrogens with zero attached hydrogens (tertiary/aromatic N) is 1. The average Bonchev–Trinajstić information content (AvgIpc) is 2.68. The van der Waals surface area contributed by atoms with Gasteiger partial charge in [0.25, 0.3) is 0 Å². The Morgan fingerprint density at radius 3 is 2.75 bits per heavy atom. The van der Waals surface area contributed by atoms with Gasteiger partial charge in [-0.3, -0.25) is 5.32 Å². The highest BCUT2D eigenvalue weighted by Crippen LogP contribution is 2.37. The Morgan fingerprint density at radius 2 is 2.00 bits per heavy atom. The standard InChI is InChI=1S/C20H19Cl2FN2O3/c21-13-1-3-17(16(23)9-13)25-7-5-12(6-8-25)10-27-18-4-2-15(22)19-14(18)11-28-20(26)24-19/h1-4,9,12H,5-8,10-11H2,(H,24,26). The average molecular weight is 425 g/mol. The summed E-state index contributed by atoms with van der Waals surface area (Å²) < 4.78 is 25.2. The molecule has 0 aromatic heterocycles. The summed E-state index contributed by atoms with van der Waals surface area (Å²) >= 11 is 12.0. The van der Waals surface area contributed by atoms with Crippen molar-refractivity contribution in [3.05, 3.63) is 51.8 Å². The van der Waals surface area contributed by atoms with Crippen LogP contribution >= 0.6 is 23.2 Å². The molecule has 4 rings (SSSR count). The third kappa shape index (κ3) is 3.98. The normalized spacial score (nSPS) is 17.0. The number of nitrogens with one attached hydrogen (secondary N) is 1. The zero-order valence-corrected chi connectivity index (χ0v) is 16.5. The molecule has 2 aromatic rings. The fraction of sp³-hybridized carbons (Fsp3) is 0.350. The zero-order valence-electron chi connectivity index (χ0n) is 15.0. The van der Waals surface area contributed by atoms with Gasteiger partial charge in [-0.15, -0.1) is 0 Å². The molecule has 2 aromatic carbocycles. The lowest BCUT2D eigenvalue weighted by atomic mass is 9.97. The van der Waals surface area contributed by atoms with Crippen molar-refractivity contribution < 1.29 is 18.7 Å². The van der Waals surface area contributed by atoms with Crippen molar-refractivity contribution in [2.24, 2.45) is 5.92 Å². The number of hydrogen-bond donors (Lipinski definition) is 1. The van der Waals surface area contributed by atoms with Crippen LogP contribution in [0.3, 0.4) is 0 Å². The number of cyclic esters (lactones) is 1. The Kier molecular flexibility index (Phi) is 5.51. The molecule has 148 valence electrons. The van der Waals surface area contributed by atoms with Crippen molar-refractivity contribution in [2.45, 2.75) is 19.4 Å². The number of ether oxygens (including phenoxy) is 2. The van der Waals surface area contributed by atoms with Gasteiger partial charge in [-0.2, -0.15) is 0 Å². The maximum atomic E-state index is 14.1. The number of rotatable bonds is 4.